The van der Waals surface area contributed by atoms with E-state index in [0.29, 0.717) is 11.5 Å². The molecule has 1 saturated carbocycles. The van der Waals surface area contributed by atoms with Crippen molar-refractivity contribution in [3.63, 3.8) is 0 Å². The molecule has 0 aliphatic heterocycles. The van der Waals surface area contributed by atoms with Crippen molar-refractivity contribution in [2.45, 2.75) is 31.5 Å². The van der Waals surface area contributed by atoms with Crippen LogP contribution < -0.4 is 9.47 Å². The summed E-state index contributed by atoms with van der Waals surface area (Å²) in [6, 6.07) is 2.88. The first-order chi connectivity index (χ1) is 9.02. The quantitative estimate of drug-likeness (QED) is 0.869. The highest BCUT2D eigenvalue weighted by atomic mass is 35.5. The van der Waals surface area contributed by atoms with Crippen LogP contribution in [0, 0.1) is 0 Å². The second-order valence-corrected chi connectivity index (χ2v) is 4.84. The van der Waals surface area contributed by atoms with Gasteiger partial charge in [0.15, 0.2) is 17.6 Å². The minimum Gasteiger partial charge on any atom is -0.493 e. The van der Waals surface area contributed by atoms with Crippen molar-refractivity contribution < 1.29 is 24.5 Å². The Kier molecular flexibility index (Phi) is 4.17. The van der Waals surface area contributed by atoms with Gasteiger partial charge in [-0.2, -0.15) is 0 Å². The number of halogens is 1. The Morgan fingerprint density at radius 3 is 2.58 bits per heavy atom. The summed E-state index contributed by atoms with van der Waals surface area (Å²) in [6.45, 7) is 0. The van der Waals surface area contributed by atoms with E-state index in [9.17, 15) is 9.90 Å². The molecule has 0 heterocycles. The van der Waals surface area contributed by atoms with E-state index in [2.05, 4.69) is 0 Å². The van der Waals surface area contributed by atoms with Crippen LogP contribution in [0.25, 0.3) is 0 Å². The normalized spacial score (nSPS) is 16.6. The van der Waals surface area contributed by atoms with Crippen LogP contribution in [0.3, 0.4) is 0 Å². The summed E-state index contributed by atoms with van der Waals surface area (Å²) in [7, 11) is 1.48. The largest absolute Gasteiger partial charge is 0.493 e. The lowest BCUT2D eigenvalue weighted by Crippen LogP contribution is -2.25. The fourth-order valence-corrected chi connectivity index (χ4v) is 2.07. The highest BCUT2D eigenvalue weighted by Crippen LogP contribution is 2.38. The van der Waals surface area contributed by atoms with Crippen molar-refractivity contribution in [1.82, 2.24) is 0 Å². The molecule has 5 nitrogen and oxygen atoms in total. The first-order valence-corrected chi connectivity index (χ1v) is 6.35. The lowest BCUT2D eigenvalue weighted by Gasteiger charge is -2.27. The van der Waals surface area contributed by atoms with Crippen molar-refractivity contribution in [3.05, 3.63) is 22.7 Å². The number of carboxylic acid groups (broad SMARTS) is 1. The van der Waals surface area contributed by atoms with Crippen LogP contribution in [0.2, 0.25) is 5.02 Å². The molecule has 0 radical (unpaired) electrons. The van der Waals surface area contributed by atoms with Gasteiger partial charge in [-0.3, -0.25) is 0 Å². The van der Waals surface area contributed by atoms with Gasteiger partial charge in [-0.05, 0) is 25.3 Å². The molecule has 0 aromatic heterocycles. The summed E-state index contributed by atoms with van der Waals surface area (Å²) in [6.07, 6.45) is 1.48. The molecule has 2 N–H and O–H groups in total. The van der Waals surface area contributed by atoms with E-state index in [1.54, 1.807) is 0 Å². The molecule has 1 aromatic carbocycles. The van der Waals surface area contributed by atoms with Crippen molar-refractivity contribution in [2.75, 3.05) is 7.11 Å². The zero-order valence-corrected chi connectivity index (χ0v) is 11.2. The Labute approximate surface area is 115 Å². The molecule has 0 saturated heterocycles. The molecule has 1 atom stereocenters. The van der Waals surface area contributed by atoms with Crippen molar-refractivity contribution in [2.24, 2.45) is 0 Å². The van der Waals surface area contributed by atoms with E-state index >= 15 is 0 Å². The van der Waals surface area contributed by atoms with Crippen LogP contribution in [-0.4, -0.2) is 29.4 Å². The molecule has 1 aromatic rings. The molecule has 104 valence electrons. The van der Waals surface area contributed by atoms with Gasteiger partial charge in [0.05, 0.1) is 18.2 Å². The van der Waals surface area contributed by atoms with Crippen molar-refractivity contribution in [1.29, 1.82) is 0 Å². The lowest BCUT2D eigenvalue weighted by atomic mass is 9.96. The molecule has 0 bridgehead atoms. The summed E-state index contributed by atoms with van der Waals surface area (Å²) >= 11 is 5.94. The van der Waals surface area contributed by atoms with E-state index in [0.717, 1.165) is 19.3 Å². The van der Waals surface area contributed by atoms with Crippen LogP contribution in [0.5, 0.6) is 11.5 Å². The maximum absolute atomic E-state index is 10.8. The smallest absolute Gasteiger partial charge is 0.337 e. The van der Waals surface area contributed by atoms with E-state index < -0.39 is 12.1 Å². The molecular weight excluding hydrogens is 272 g/mol. The number of carboxylic acids is 1. The number of hydrogen-bond donors (Lipinski definition) is 2. The topological polar surface area (TPSA) is 76.0 Å². The average Bonchev–Trinajstić information content (AvgIpc) is 2.33. The number of aliphatic carboxylic acids is 1. The number of carbonyl (C=O) groups is 1. The van der Waals surface area contributed by atoms with Gasteiger partial charge in [0.2, 0.25) is 0 Å². The second-order valence-electron chi connectivity index (χ2n) is 4.44. The number of hydrogen-bond acceptors (Lipinski definition) is 4. The maximum Gasteiger partial charge on any atom is 0.337 e. The van der Waals surface area contributed by atoms with Crippen molar-refractivity contribution >= 4 is 17.6 Å². The lowest BCUT2D eigenvalue weighted by molar-refractivity contribution is -0.146. The molecule has 6 heteroatoms. The molecule has 19 heavy (non-hydrogen) atoms. The Hall–Kier alpha value is -1.46. The molecule has 0 amide bonds. The fourth-order valence-electron chi connectivity index (χ4n) is 1.81. The SMILES string of the molecule is COc1cc(Cl)c(C(O)C(=O)O)cc1OC1CCC1. The molecular formula is C13H15ClO5. The third kappa shape index (κ3) is 2.93. The average molecular weight is 287 g/mol. The highest BCUT2D eigenvalue weighted by molar-refractivity contribution is 6.31. The van der Waals surface area contributed by atoms with Gasteiger partial charge in [0.1, 0.15) is 0 Å². The predicted octanol–water partition coefficient (Wildman–Crippen LogP) is 2.40. The summed E-state index contributed by atoms with van der Waals surface area (Å²) in [5, 5.41) is 18.6. The maximum atomic E-state index is 10.8. The third-order valence-electron chi connectivity index (χ3n) is 3.16. The summed E-state index contributed by atoms with van der Waals surface area (Å²) in [5.41, 5.74) is 0.101. The zero-order valence-electron chi connectivity index (χ0n) is 10.4. The van der Waals surface area contributed by atoms with Gasteiger partial charge in [-0.25, -0.2) is 4.79 Å². The molecule has 1 aliphatic rings. The van der Waals surface area contributed by atoms with E-state index in [-0.39, 0.29) is 16.7 Å². The zero-order chi connectivity index (χ0) is 14.0. The summed E-state index contributed by atoms with van der Waals surface area (Å²) in [5.74, 6) is -0.521. The first kappa shape index (κ1) is 14.0. The van der Waals surface area contributed by atoms with Crippen molar-refractivity contribution in [3.8, 4) is 11.5 Å². The molecule has 1 fully saturated rings. The summed E-state index contributed by atoms with van der Waals surface area (Å²) < 4.78 is 10.9. The second kappa shape index (κ2) is 5.67. The number of aliphatic hydroxyl groups is 1. The van der Waals surface area contributed by atoms with E-state index in [1.807, 2.05) is 0 Å². The minimum atomic E-state index is -1.68. The Morgan fingerprint density at radius 1 is 1.42 bits per heavy atom. The number of aliphatic hydroxyl groups excluding tert-OH is 1. The van der Waals surface area contributed by atoms with Crippen LogP contribution >= 0.6 is 11.6 Å². The molecule has 1 unspecified atom stereocenters. The standard InChI is InChI=1S/C13H15ClO5/c1-18-10-6-9(14)8(12(15)13(16)17)5-11(10)19-7-3-2-4-7/h5-7,12,15H,2-4H2,1H3,(H,16,17). The number of benzene rings is 1. The molecule has 0 spiro atoms. The van der Waals surface area contributed by atoms with Gasteiger partial charge in [0, 0.05) is 11.6 Å². The van der Waals surface area contributed by atoms with Crippen LogP contribution in [0.4, 0.5) is 0 Å². The van der Waals surface area contributed by atoms with Gasteiger partial charge in [-0.1, -0.05) is 11.6 Å². The van der Waals surface area contributed by atoms with E-state index in [1.165, 1.54) is 19.2 Å². The third-order valence-corrected chi connectivity index (χ3v) is 3.48. The van der Waals surface area contributed by atoms with Crippen LogP contribution in [0.1, 0.15) is 30.9 Å². The highest BCUT2D eigenvalue weighted by Gasteiger charge is 2.25. The van der Waals surface area contributed by atoms with Gasteiger partial charge in [-0.15, -0.1) is 0 Å². The van der Waals surface area contributed by atoms with Crippen LogP contribution in [0.15, 0.2) is 12.1 Å². The minimum absolute atomic E-state index is 0.101. The van der Waals surface area contributed by atoms with Crippen LogP contribution in [-0.2, 0) is 4.79 Å². The Morgan fingerprint density at radius 2 is 2.11 bits per heavy atom. The fraction of sp³-hybridized carbons (Fsp3) is 0.462. The van der Waals surface area contributed by atoms with Gasteiger partial charge in [0.25, 0.3) is 0 Å². The summed E-state index contributed by atoms with van der Waals surface area (Å²) in [4.78, 5) is 10.8. The number of rotatable bonds is 5. The number of ether oxygens (including phenoxy) is 2. The Bertz CT molecular complexity index is 484. The number of methoxy groups -OCH3 is 1. The van der Waals surface area contributed by atoms with E-state index in [4.69, 9.17) is 26.2 Å². The molecule has 1 aliphatic carbocycles. The Balaban J connectivity index is 2.33. The monoisotopic (exact) mass is 286 g/mol. The van der Waals surface area contributed by atoms with Gasteiger partial charge < -0.3 is 19.7 Å². The predicted molar refractivity (Wildman–Crippen MR) is 68.9 cm³/mol. The molecule has 2 rings (SSSR count). The first-order valence-electron chi connectivity index (χ1n) is 5.98. The van der Waals surface area contributed by atoms with Gasteiger partial charge >= 0.3 is 5.97 Å².